The van der Waals surface area contributed by atoms with Crippen LogP contribution in [0.4, 0.5) is 14.6 Å². The van der Waals surface area contributed by atoms with Crippen LogP contribution in [-0.4, -0.2) is 28.0 Å². The van der Waals surface area contributed by atoms with E-state index < -0.39 is 0 Å². The predicted octanol–water partition coefficient (Wildman–Crippen LogP) is 5.16. The lowest BCUT2D eigenvalue weighted by molar-refractivity contribution is 0.507. The third-order valence-electron chi connectivity index (χ3n) is 7.80. The van der Waals surface area contributed by atoms with Gasteiger partial charge in [-0.1, -0.05) is 6.92 Å². The molecule has 0 spiro atoms. The van der Waals surface area contributed by atoms with Crippen LogP contribution in [0.3, 0.4) is 0 Å². The molecule has 1 saturated heterocycles. The molecule has 6 heteroatoms. The molecule has 4 nitrogen and oxygen atoms in total. The Morgan fingerprint density at radius 1 is 1.06 bits per heavy atom. The Labute approximate surface area is 187 Å². The normalized spacial score (nSPS) is 24.3. The Morgan fingerprint density at radius 2 is 1.91 bits per heavy atom. The first-order valence-corrected chi connectivity index (χ1v) is 11.4. The topological polar surface area (TPSA) is 41.9 Å². The first kappa shape index (κ1) is 21.0. The minimum Gasteiger partial charge on any atom is -0.355 e. The van der Waals surface area contributed by atoms with E-state index in [4.69, 9.17) is 4.98 Å². The fourth-order valence-electron chi connectivity index (χ4n) is 5.84. The van der Waals surface area contributed by atoms with Gasteiger partial charge in [0.05, 0.1) is 18.1 Å². The molecule has 1 aliphatic heterocycles. The quantitative estimate of drug-likeness (QED) is 0.556. The Morgan fingerprint density at radius 3 is 2.66 bits per heavy atom. The number of fused-ring (bicyclic) bond motifs is 1. The zero-order chi connectivity index (χ0) is 22.5. The van der Waals surface area contributed by atoms with E-state index in [0.717, 1.165) is 49.6 Å². The molecule has 2 unspecified atom stereocenters. The van der Waals surface area contributed by atoms with Crippen LogP contribution in [0.15, 0.2) is 42.9 Å². The minimum absolute atomic E-state index is 0.273. The van der Waals surface area contributed by atoms with E-state index in [1.54, 1.807) is 0 Å². The zero-order valence-electron chi connectivity index (χ0n) is 18.8. The van der Waals surface area contributed by atoms with Gasteiger partial charge in [0.2, 0.25) is 0 Å². The lowest BCUT2D eigenvalue weighted by Gasteiger charge is -2.27. The second kappa shape index (κ2) is 7.91. The standard InChI is InChI=1S/C26H28F2N4/c1-4-26(22-12-19(27)5-6-24(22)28)21-8-10-32(15-23(21)26)25-14-30-20(13-31-25)11-18-7-9-29-17(3)16(18)2/h5-7,9,12-14,21,23H,4,8,10-11,15H2,1-3H3/t21?,23?,26-/m1/s1. The maximum absolute atomic E-state index is 14.6. The highest BCUT2D eigenvalue weighted by Gasteiger charge is 2.66. The molecule has 3 aromatic rings. The first-order chi connectivity index (χ1) is 15.4. The molecule has 2 fully saturated rings. The Bertz CT molecular complexity index is 1150. The molecule has 0 N–H and O–H groups in total. The number of nitrogens with zero attached hydrogens (tertiary/aromatic N) is 4. The summed E-state index contributed by atoms with van der Waals surface area (Å²) in [5, 5.41) is 0. The van der Waals surface area contributed by atoms with Crippen molar-refractivity contribution in [2.45, 2.75) is 45.4 Å². The number of rotatable bonds is 5. The summed E-state index contributed by atoms with van der Waals surface area (Å²) in [6.45, 7) is 7.84. The summed E-state index contributed by atoms with van der Waals surface area (Å²) in [6, 6.07) is 5.90. The van der Waals surface area contributed by atoms with Gasteiger partial charge in [0.25, 0.3) is 0 Å². The van der Waals surface area contributed by atoms with Crippen LogP contribution < -0.4 is 4.90 Å². The number of aryl methyl sites for hydroxylation is 1. The van der Waals surface area contributed by atoms with E-state index >= 15 is 0 Å². The van der Waals surface area contributed by atoms with Crippen molar-refractivity contribution >= 4 is 5.82 Å². The smallest absolute Gasteiger partial charge is 0.147 e. The third kappa shape index (κ3) is 3.37. The molecular weight excluding hydrogens is 406 g/mol. The summed E-state index contributed by atoms with van der Waals surface area (Å²) < 4.78 is 28.5. The third-order valence-corrected chi connectivity index (χ3v) is 7.80. The fourth-order valence-corrected chi connectivity index (χ4v) is 5.84. The van der Waals surface area contributed by atoms with Crippen molar-refractivity contribution in [3.05, 3.63) is 82.6 Å². The summed E-state index contributed by atoms with van der Waals surface area (Å²) in [5.74, 6) is 0.897. The molecule has 0 radical (unpaired) electrons. The van der Waals surface area contributed by atoms with Gasteiger partial charge < -0.3 is 4.90 Å². The van der Waals surface area contributed by atoms with Gasteiger partial charge in [-0.2, -0.15) is 0 Å². The SMILES string of the molecule is CC[C@]1(c2cc(F)ccc2F)C2CCN(c3cnc(Cc4ccnc(C)c4C)cn3)CC21. The summed E-state index contributed by atoms with van der Waals surface area (Å²) >= 11 is 0. The van der Waals surface area contributed by atoms with Gasteiger partial charge in [-0.05, 0) is 79.5 Å². The fraction of sp³-hybridized carbons (Fsp3) is 0.423. The second-order valence-electron chi connectivity index (χ2n) is 9.19. The Balaban J connectivity index is 1.32. The van der Waals surface area contributed by atoms with E-state index in [0.29, 0.717) is 17.4 Å². The number of hydrogen-bond donors (Lipinski definition) is 0. The second-order valence-corrected chi connectivity index (χ2v) is 9.19. The maximum atomic E-state index is 14.6. The molecule has 1 aromatic carbocycles. The highest BCUT2D eigenvalue weighted by molar-refractivity contribution is 5.45. The lowest BCUT2D eigenvalue weighted by Crippen LogP contribution is -2.32. The molecule has 0 bridgehead atoms. The molecule has 2 aromatic heterocycles. The van der Waals surface area contributed by atoms with Gasteiger partial charge in [-0.25, -0.2) is 13.8 Å². The lowest BCUT2D eigenvalue weighted by atomic mass is 9.88. The summed E-state index contributed by atoms with van der Waals surface area (Å²) in [6.07, 6.45) is 8.02. The summed E-state index contributed by atoms with van der Waals surface area (Å²) in [5.41, 5.74) is 4.63. The maximum Gasteiger partial charge on any atom is 0.147 e. The monoisotopic (exact) mass is 434 g/mol. The highest BCUT2D eigenvalue weighted by Crippen LogP contribution is 2.65. The van der Waals surface area contributed by atoms with Crippen LogP contribution in [0.25, 0.3) is 0 Å². The van der Waals surface area contributed by atoms with Gasteiger partial charge >= 0.3 is 0 Å². The largest absolute Gasteiger partial charge is 0.355 e. The molecule has 2 aliphatic rings. The minimum atomic E-state index is -0.365. The average molecular weight is 435 g/mol. The number of halogens is 2. The molecule has 32 heavy (non-hydrogen) atoms. The van der Waals surface area contributed by atoms with Crippen LogP contribution >= 0.6 is 0 Å². The van der Waals surface area contributed by atoms with Crippen molar-refractivity contribution < 1.29 is 8.78 Å². The molecular formula is C26H28F2N4. The summed E-state index contributed by atoms with van der Waals surface area (Å²) in [7, 11) is 0. The molecule has 0 amide bonds. The van der Waals surface area contributed by atoms with Gasteiger partial charge in [0.15, 0.2) is 0 Å². The van der Waals surface area contributed by atoms with E-state index in [9.17, 15) is 8.78 Å². The number of anilines is 1. The number of piperidine rings is 1. The van der Waals surface area contributed by atoms with Crippen LogP contribution in [0, 0.1) is 37.3 Å². The number of hydrogen-bond acceptors (Lipinski definition) is 4. The highest BCUT2D eigenvalue weighted by atomic mass is 19.1. The van der Waals surface area contributed by atoms with Crippen molar-refractivity contribution in [1.29, 1.82) is 0 Å². The van der Waals surface area contributed by atoms with Crippen LogP contribution in [0.1, 0.15) is 47.8 Å². The van der Waals surface area contributed by atoms with Crippen molar-refractivity contribution in [2.75, 3.05) is 18.0 Å². The Hall–Kier alpha value is -2.89. The molecule has 3 heterocycles. The van der Waals surface area contributed by atoms with E-state index in [-0.39, 0.29) is 17.0 Å². The number of aromatic nitrogens is 3. The van der Waals surface area contributed by atoms with Crippen molar-refractivity contribution in [3.63, 3.8) is 0 Å². The van der Waals surface area contributed by atoms with Crippen LogP contribution in [0.5, 0.6) is 0 Å². The number of pyridine rings is 1. The van der Waals surface area contributed by atoms with Gasteiger partial charge in [0, 0.05) is 36.8 Å². The Kier molecular flexibility index (Phi) is 5.19. The van der Waals surface area contributed by atoms with Crippen molar-refractivity contribution in [2.24, 2.45) is 11.8 Å². The van der Waals surface area contributed by atoms with Crippen LogP contribution in [-0.2, 0) is 11.8 Å². The van der Waals surface area contributed by atoms with Gasteiger partial charge in [-0.15, -0.1) is 0 Å². The zero-order valence-corrected chi connectivity index (χ0v) is 18.8. The van der Waals surface area contributed by atoms with Crippen LogP contribution in [0.2, 0.25) is 0 Å². The van der Waals surface area contributed by atoms with Gasteiger partial charge in [-0.3, -0.25) is 9.97 Å². The first-order valence-electron chi connectivity index (χ1n) is 11.4. The predicted molar refractivity (Wildman–Crippen MR) is 121 cm³/mol. The molecule has 166 valence electrons. The molecule has 5 rings (SSSR count). The van der Waals surface area contributed by atoms with Crippen molar-refractivity contribution in [3.8, 4) is 0 Å². The molecule has 1 saturated carbocycles. The van der Waals surface area contributed by atoms with E-state index in [1.807, 2.05) is 31.6 Å². The molecule has 3 atom stereocenters. The van der Waals surface area contributed by atoms with Gasteiger partial charge in [0.1, 0.15) is 17.5 Å². The number of benzene rings is 1. The van der Waals surface area contributed by atoms with Crippen molar-refractivity contribution in [1.82, 2.24) is 15.0 Å². The van der Waals surface area contributed by atoms with E-state index in [2.05, 4.69) is 28.7 Å². The molecule has 1 aliphatic carbocycles. The van der Waals surface area contributed by atoms with E-state index in [1.165, 1.54) is 29.3 Å². The summed E-state index contributed by atoms with van der Waals surface area (Å²) in [4.78, 5) is 15.9. The average Bonchev–Trinajstić information content (AvgIpc) is 3.46.